The zero-order valence-corrected chi connectivity index (χ0v) is 14.6. The van der Waals surface area contributed by atoms with Crippen molar-refractivity contribution in [2.75, 3.05) is 14.2 Å². The second-order valence-electron chi connectivity index (χ2n) is 6.19. The number of ether oxygens (including phenoxy) is 2. The van der Waals surface area contributed by atoms with E-state index in [9.17, 15) is 4.79 Å². The van der Waals surface area contributed by atoms with Gasteiger partial charge >= 0.3 is 5.97 Å². The first-order chi connectivity index (χ1) is 11.6. The summed E-state index contributed by atoms with van der Waals surface area (Å²) in [7, 11) is 3.11. The fourth-order valence-corrected chi connectivity index (χ4v) is 3.40. The van der Waals surface area contributed by atoms with Crippen LogP contribution in [0.5, 0.6) is 5.75 Å². The molecule has 3 heteroatoms. The SMILES string of the molecule is COC(=O)[C@H](C)Cc1c(C)c2ccccc2c2ccc(OC)cc12. The fraction of sp³-hybridized carbons (Fsp3) is 0.286. The molecule has 0 aliphatic rings. The van der Waals surface area contributed by atoms with Gasteiger partial charge in [-0.15, -0.1) is 0 Å². The molecule has 0 spiro atoms. The van der Waals surface area contributed by atoms with Gasteiger partial charge in [-0.25, -0.2) is 0 Å². The first-order valence-electron chi connectivity index (χ1n) is 8.12. The van der Waals surface area contributed by atoms with Crippen LogP contribution in [0, 0.1) is 12.8 Å². The van der Waals surface area contributed by atoms with Gasteiger partial charge < -0.3 is 9.47 Å². The molecule has 0 heterocycles. The summed E-state index contributed by atoms with van der Waals surface area (Å²) in [5.74, 6) is 0.451. The number of benzene rings is 3. The van der Waals surface area contributed by atoms with E-state index in [0.717, 1.165) is 11.1 Å². The van der Waals surface area contributed by atoms with Crippen LogP contribution in [0.1, 0.15) is 18.1 Å². The Kier molecular flexibility index (Phi) is 4.43. The maximum atomic E-state index is 11.9. The standard InChI is InChI=1S/C21H22O3/c1-13(21(22)24-4)11-19-14(2)16-7-5-6-8-17(16)18-10-9-15(23-3)12-20(18)19/h5-10,12-13H,11H2,1-4H3/t13-/m1/s1. The third kappa shape index (κ3) is 2.71. The molecule has 3 rings (SSSR count). The van der Waals surface area contributed by atoms with E-state index in [1.165, 1.54) is 34.4 Å². The molecule has 0 saturated carbocycles. The van der Waals surface area contributed by atoms with Gasteiger partial charge in [0.15, 0.2) is 0 Å². The number of hydrogen-bond acceptors (Lipinski definition) is 3. The van der Waals surface area contributed by atoms with Crippen molar-refractivity contribution in [3.8, 4) is 5.75 Å². The quantitative estimate of drug-likeness (QED) is 0.517. The van der Waals surface area contributed by atoms with E-state index in [4.69, 9.17) is 9.47 Å². The first kappa shape index (κ1) is 16.3. The lowest BCUT2D eigenvalue weighted by atomic mass is 9.88. The summed E-state index contributed by atoms with van der Waals surface area (Å²) in [5.41, 5.74) is 2.39. The van der Waals surface area contributed by atoms with Crippen LogP contribution in [0.25, 0.3) is 21.5 Å². The summed E-state index contributed by atoms with van der Waals surface area (Å²) in [5, 5.41) is 4.77. The average Bonchev–Trinajstić information content (AvgIpc) is 2.63. The highest BCUT2D eigenvalue weighted by Crippen LogP contribution is 2.35. The van der Waals surface area contributed by atoms with E-state index < -0.39 is 0 Å². The van der Waals surface area contributed by atoms with Gasteiger partial charge in [0, 0.05) is 0 Å². The van der Waals surface area contributed by atoms with E-state index in [1.807, 2.05) is 13.0 Å². The minimum Gasteiger partial charge on any atom is -0.497 e. The molecule has 1 atom stereocenters. The molecule has 0 aliphatic heterocycles. The summed E-state index contributed by atoms with van der Waals surface area (Å²) in [6, 6.07) is 14.5. The monoisotopic (exact) mass is 322 g/mol. The number of carbonyl (C=O) groups excluding carboxylic acids is 1. The van der Waals surface area contributed by atoms with Crippen LogP contribution in [0.2, 0.25) is 0 Å². The molecule has 0 radical (unpaired) electrons. The third-order valence-electron chi connectivity index (χ3n) is 4.74. The number of methoxy groups -OCH3 is 2. The Bertz CT molecular complexity index is 912. The average molecular weight is 322 g/mol. The van der Waals surface area contributed by atoms with Gasteiger partial charge in [-0.05, 0) is 58.1 Å². The summed E-state index contributed by atoms with van der Waals surface area (Å²) < 4.78 is 10.3. The highest BCUT2D eigenvalue weighted by atomic mass is 16.5. The second kappa shape index (κ2) is 6.52. The lowest BCUT2D eigenvalue weighted by molar-refractivity contribution is -0.144. The van der Waals surface area contributed by atoms with Crippen LogP contribution in [0.4, 0.5) is 0 Å². The minimum atomic E-state index is -0.190. The van der Waals surface area contributed by atoms with Gasteiger partial charge in [-0.1, -0.05) is 37.3 Å². The van der Waals surface area contributed by atoms with Gasteiger partial charge in [-0.2, -0.15) is 0 Å². The van der Waals surface area contributed by atoms with Crippen molar-refractivity contribution >= 4 is 27.5 Å². The molecule has 0 N–H and O–H groups in total. The molecule has 0 unspecified atom stereocenters. The number of carbonyl (C=O) groups is 1. The number of aryl methyl sites for hydroxylation is 1. The third-order valence-corrected chi connectivity index (χ3v) is 4.74. The molecule has 3 aromatic rings. The zero-order valence-electron chi connectivity index (χ0n) is 14.6. The molecule has 0 fully saturated rings. The molecule has 3 aromatic carbocycles. The number of hydrogen-bond donors (Lipinski definition) is 0. The van der Waals surface area contributed by atoms with Crippen LogP contribution in [-0.4, -0.2) is 20.2 Å². The Morgan fingerprint density at radius 3 is 2.33 bits per heavy atom. The normalized spacial score (nSPS) is 12.3. The van der Waals surface area contributed by atoms with Crippen LogP contribution < -0.4 is 4.74 Å². The lowest BCUT2D eigenvalue weighted by Crippen LogP contribution is -2.16. The molecule has 0 saturated heterocycles. The summed E-state index contributed by atoms with van der Waals surface area (Å²) in [4.78, 5) is 11.9. The number of fused-ring (bicyclic) bond motifs is 3. The molecular formula is C21H22O3. The molecule has 3 nitrogen and oxygen atoms in total. The van der Waals surface area contributed by atoms with Gasteiger partial charge in [-0.3, -0.25) is 4.79 Å². The maximum absolute atomic E-state index is 11.9. The Hall–Kier alpha value is -2.55. The van der Waals surface area contributed by atoms with E-state index in [1.54, 1.807) is 7.11 Å². The summed E-state index contributed by atoms with van der Waals surface area (Å²) in [6.07, 6.45) is 0.646. The Morgan fingerprint density at radius 2 is 1.67 bits per heavy atom. The van der Waals surface area contributed by atoms with Crippen molar-refractivity contribution in [1.82, 2.24) is 0 Å². The van der Waals surface area contributed by atoms with Gasteiger partial charge in [0.1, 0.15) is 5.75 Å². The Labute approximate surface area is 142 Å². The molecule has 124 valence electrons. The molecule has 0 bridgehead atoms. The van der Waals surface area contributed by atoms with Crippen molar-refractivity contribution in [2.45, 2.75) is 20.3 Å². The van der Waals surface area contributed by atoms with E-state index in [-0.39, 0.29) is 11.9 Å². The van der Waals surface area contributed by atoms with Crippen molar-refractivity contribution in [2.24, 2.45) is 5.92 Å². The van der Waals surface area contributed by atoms with Crippen molar-refractivity contribution in [1.29, 1.82) is 0 Å². The largest absolute Gasteiger partial charge is 0.497 e. The van der Waals surface area contributed by atoms with E-state index in [0.29, 0.717) is 6.42 Å². The molecule has 0 aliphatic carbocycles. The predicted molar refractivity (Wildman–Crippen MR) is 97.6 cm³/mol. The number of rotatable bonds is 4. The fourth-order valence-electron chi connectivity index (χ4n) is 3.40. The summed E-state index contributed by atoms with van der Waals surface area (Å²) in [6.45, 7) is 4.03. The minimum absolute atomic E-state index is 0.182. The van der Waals surface area contributed by atoms with E-state index >= 15 is 0 Å². The van der Waals surface area contributed by atoms with Gasteiger partial charge in [0.25, 0.3) is 0 Å². The topological polar surface area (TPSA) is 35.5 Å². The van der Waals surface area contributed by atoms with Crippen LogP contribution in [0.3, 0.4) is 0 Å². The van der Waals surface area contributed by atoms with Crippen molar-refractivity contribution in [3.63, 3.8) is 0 Å². The van der Waals surface area contributed by atoms with Gasteiger partial charge in [0.2, 0.25) is 0 Å². The maximum Gasteiger partial charge on any atom is 0.308 e. The number of esters is 1. The Balaban J connectivity index is 2.30. The predicted octanol–water partition coefficient (Wildman–Crippen LogP) is 4.66. The van der Waals surface area contributed by atoms with Gasteiger partial charge in [0.05, 0.1) is 20.1 Å². The summed E-state index contributed by atoms with van der Waals surface area (Å²) >= 11 is 0. The molecule has 24 heavy (non-hydrogen) atoms. The van der Waals surface area contributed by atoms with E-state index in [2.05, 4.69) is 43.3 Å². The zero-order chi connectivity index (χ0) is 17.3. The first-order valence-corrected chi connectivity index (χ1v) is 8.12. The lowest BCUT2D eigenvalue weighted by Gasteiger charge is -2.18. The molecular weight excluding hydrogens is 300 g/mol. The second-order valence-corrected chi connectivity index (χ2v) is 6.19. The van der Waals surface area contributed by atoms with Crippen molar-refractivity contribution in [3.05, 3.63) is 53.6 Å². The highest BCUT2D eigenvalue weighted by Gasteiger charge is 2.19. The molecule has 0 amide bonds. The highest BCUT2D eigenvalue weighted by molar-refractivity contribution is 6.11. The van der Waals surface area contributed by atoms with Crippen LogP contribution in [0.15, 0.2) is 42.5 Å². The smallest absolute Gasteiger partial charge is 0.308 e. The molecule has 0 aromatic heterocycles. The van der Waals surface area contributed by atoms with Crippen LogP contribution >= 0.6 is 0 Å². The van der Waals surface area contributed by atoms with Crippen LogP contribution in [-0.2, 0) is 16.0 Å². The Morgan fingerprint density at radius 1 is 1.00 bits per heavy atom. The van der Waals surface area contributed by atoms with Crippen molar-refractivity contribution < 1.29 is 14.3 Å².